The second kappa shape index (κ2) is 6.79. The summed E-state index contributed by atoms with van der Waals surface area (Å²) in [6.45, 7) is 0. The standard InChI is InChI=1S/C21H14N2OS/c24-19(21-22-20(23-25-21)18-9-5-2-6-10-18)17-13-11-16(12-14-17)15-7-3-1-4-8-15/h1-14H. The molecule has 0 aliphatic carbocycles. The Labute approximate surface area is 149 Å². The van der Waals surface area contributed by atoms with Gasteiger partial charge < -0.3 is 0 Å². The fourth-order valence-corrected chi connectivity index (χ4v) is 3.24. The van der Waals surface area contributed by atoms with Crippen LogP contribution in [0.25, 0.3) is 22.5 Å². The molecule has 3 nitrogen and oxygen atoms in total. The van der Waals surface area contributed by atoms with Crippen molar-refractivity contribution in [1.82, 2.24) is 9.36 Å². The summed E-state index contributed by atoms with van der Waals surface area (Å²) in [7, 11) is 0. The lowest BCUT2D eigenvalue weighted by atomic mass is 10.0. The van der Waals surface area contributed by atoms with Crippen molar-refractivity contribution in [2.45, 2.75) is 0 Å². The van der Waals surface area contributed by atoms with Crippen molar-refractivity contribution in [3.8, 4) is 22.5 Å². The second-order valence-electron chi connectivity index (χ2n) is 5.56. The van der Waals surface area contributed by atoms with Gasteiger partial charge in [0.25, 0.3) is 0 Å². The molecule has 0 spiro atoms. The molecule has 0 aliphatic rings. The summed E-state index contributed by atoms with van der Waals surface area (Å²) in [5, 5.41) is 0.409. The fraction of sp³-hybridized carbons (Fsp3) is 0. The van der Waals surface area contributed by atoms with Gasteiger partial charge in [-0.05, 0) is 22.7 Å². The Morgan fingerprint density at radius 3 is 1.88 bits per heavy atom. The summed E-state index contributed by atoms with van der Waals surface area (Å²) in [5.41, 5.74) is 3.75. The minimum atomic E-state index is -0.0979. The topological polar surface area (TPSA) is 42.9 Å². The van der Waals surface area contributed by atoms with Gasteiger partial charge in [0, 0.05) is 11.1 Å². The Hall–Kier alpha value is -3.11. The third-order valence-electron chi connectivity index (χ3n) is 3.91. The number of carbonyl (C=O) groups is 1. The van der Waals surface area contributed by atoms with Crippen LogP contribution >= 0.6 is 11.5 Å². The first-order valence-corrected chi connectivity index (χ1v) is 8.68. The molecule has 3 aromatic carbocycles. The van der Waals surface area contributed by atoms with Crippen molar-refractivity contribution >= 4 is 17.3 Å². The van der Waals surface area contributed by atoms with Crippen LogP contribution < -0.4 is 0 Å². The highest BCUT2D eigenvalue weighted by Crippen LogP contribution is 2.22. The van der Waals surface area contributed by atoms with Gasteiger partial charge in [-0.2, -0.15) is 4.37 Å². The summed E-state index contributed by atoms with van der Waals surface area (Å²) >= 11 is 1.14. The molecule has 4 aromatic rings. The lowest BCUT2D eigenvalue weighted by Gasteiger charge is -2.02. The van der Waals surface area contributed by atoms with Crippen LogP contribution in [0.2, 0.25) is 0 Å². The highest BCUT2D eigenvalue weighted by atomic mass is 32.1. The number of benzene rings is 3. The van der Waals surface area contributed by atoms with E-state index in [4.69, 9.17) is 0 Å². The predicted octanol–water partition coefficient (Wildman–Crippen LogP) is 5.10. The highest BCUT2D eigenvalue weighted by Gasteiger charge is 2.15. The lowest BCUT2D eigenvalue weighted by molar-refractivity contribution is 0.103. The molecule has 0 bridgehead atoms. The zero-order valence-electron chi connectivity index (χ0n) is 13.3. The summed E-state index contributed by atoms with van der Waals surface area (Å²) in [4.78, 5) is 17.0. The van der Waals surface area contributed by atoms with Gasteiger partial charge in [-0.3, -0.25) is 4.79 Å². The molecule has 0 amide bonds. The van der Waals surface area contributed by atoms with Gasteiger partial charge in [0.05, 0.1) is 0 Å². The molecule has 0 saturated heterocycles. The summed E-state index contributed by atoms with van der Waals surface area (Å²) in [5.74, 6) is 0.495. The Balaban J connectivity index is 1.58. The van der Waals surface area contributed by atoms with Crippen LogP contribution in [0.3, 0.4) is 0 Å². The number of hydrogen-bond donors (Lipinski definition) is 0. The molecule has 0 aliphatic heterocycles. The van der Waals surface area contributed by atoms with Crippen molar-refractivity contribution in [3.63, 3.8) is 0 Å². The zero-order valence-corrected chi connectivity index (χ0v) is 14.1. The van der Waals surface area contributed by atoms with E-state index in [9.17, 15) is 4.79 Å². The Bertz CT molecular complexity index is 993. The van der Waals surface area contributed by atoms with E-state index < -0.39 is 0 Å². The second-order valence-corrected chi connectivity index (χ2v) is 6.31. The molecule has 25 heavy (non-hydrogen) atoms. The van der Waals surface area contributed by atoms with Crippen LogP contribution in [-0.4, -0.2) is 15.1 Å². The molecule has 0 fully saturated rings. The minimum absolute atomic E-state index is 0.0979. The molecule has 120 valence electrons. The molecule has 4 rings (SSSR count). The van der Waals surface area contributed by atoms with Crippen molar-refractivity contribution < 1.29 is 4.79 Å². The number of nitrogens with zero attached hydrogens (tertiary/aromatic N) is 2. The Morgan fingerprint density at radius 1 is 0.680 bits per heavy atom. The average Bonchev–Trinajstić information content (AvgIpc) is 3.19. The zero-order chi connectivity index (χ0) is 17.1. The van der Waals surface area contributed by atoms with E-state index in [1.807, 2.05) is 84.9 Å². The summed E-state index contributed by atoms with van der Waals surface area (Å²) in [6.07, 6.45) is 0. The van der Waals surface area contributed by atoms with Crippen molar-refractivity contribution in [1.29, 1.82) is 0 Å². The van der Waals surface area contributed by atoms with Crippen LogP contribution in [0.15, 0.2) is 84.9 Å². The van der Waals surface area contributed by atoms with E-state index in [0.717, 1.165) is 28.2 Å². The van der Waals surface area contributed by atoms with E-state index in [-0.39, 0.29) is 5.78 Å². The van der Waals surface area contributed by atoms with Gasteiger partial charge >= 0.3 is 0 Å². The third-order valence-corrected chi connectivity index (χ3v) is 4.62. The molecule has 0 N–H and O–H groups in total. The SMILES string of the molecule is O=C(c1ccc(-c2ccccc2)cc1)c1nc(-c2ccccc2)ns1. The Morgan fingerprint density at radius 2 is 1.24 bits per heavy atom. The molecule has 0 unspecified atom stereocenters. The quantitative estimate of drug-likeness (QED) is 0.484. The summed E-state index contributed by atoms with van der Waals surface area (Å²) < 4.78 is 4.31. The monoisotopic (exact) mass is 342 g/mol. The van der Waals surface area contributed by atoms with Crippen molar-refractivity contribution in [3.05, 3.63) is 95.5 Å². The van der Waals surface area contributed by atoms with Gasteiger partial charge in [-0.1, -0.05) is 84.9 Å². The largest absolute Gasteiger partial charge is 0.286 e. The van der Waals surface area contributed by atoms with E-state index >= 15 is 0 Å². The molecular formula is C21H14N2OS. The number of rotatable bonds is 4. The Kier molecular flexibility index (Phi) is 4.19. The number of hydrogen-bond acceptors (Lipinski definition) is 4. The van der Waals surface area contributed by atoms with E-state index in [1.54, 1.807) is 0 Å². The first-order chi connectivity index (χ1) is 12.3. The van der Waals surface area contributed by atoms with Gasteiger partial charge in [0.1, 0.15) is 0 Å². The van der Waals surface area contributed by atoms with Crippen LogP contribution in [0.4, 0.5) is 0 Å². The lowest BCUT2D eigenvalue weighted by Crippen LogP contribution is -2.00. The van der Waals surface area contributed by atoms with Gasteiger partial charge in [0.15, 0.2) is 10.8 Å². The number of aromatic nitrogens is 2. The van der Waals surface area contributed by atoms with Crippen LogP contribution in [0.1, 0.15) is 15.4 Å². The van der Waals surface area contributed by atoms with E-state index in [2.05, 4.69) is 9.36 Å². The van der Waals surface area contributed by atoms with Crippen molar-refractivity contribution in [2.75, 3.05) is 0 Å². The molecule has 0 saturated carbocycles. The number of carbonyl (C=O) groups excluding carboxylic acids is 1. The highest BCUT2D eigenvalue weighted by molar-refractivity contribution is 7.08. The van der Waals surface area contributed by atoms with Crippen LogP contribution in [0, 0.1) is 0 Å². The summed E-state index contributed by atoms with van der Waals surface area (Å²) in [6, 6.07) is 27.4. The van der Waals surface area contributed by atoms with Crippen molar-refractivity contribution in [2.24, 2.45) is 0 Å². The molecule has 0 atom stereocenters. The molecular weight excluding hydrogens is 328 g/mol. The average molecular weight is 342 g/mol. The number of ketones is 1. The minimum Gasteiger partial charge on any atom is -0.286 e. The smallest absolute Gasteiger partial charge is 0.223 e. The van der Waals surface area contributed by atoms with Crippen LogP contribution in [-0.2, 0) is 0 Å². The van der Waals surface area contributed by atoms with E-state index in [1.165, 1.54) is 0 Å². The molecule has 1 heterocycles. The molecule has 0 radical (unpaired) electrons. The predicted molar refractivity (Wildman–Crippen MR) is 101 cm³/mol. The van der Waals surface area contributed by atoms with Gasteiger partial charge in [-0.15, -0.1) is 0 Å². The van der Waals surface area contributed by atoms with Gasteiger partial charge in [0.2, 0.25) is 5.78 Å². The fourth-order valence-electron chi connectivity index (χ4n) is 2.59. The third kappa shape index (κ3) is 3.25. The van der Waals surface area contributed by atoms with E-state index in [0.29, 0.717) is 16.4 Å². The maximum Gasteiger partial charge on any atom is 0.223 e. The first-order valence-electron chi connectivity index (χ1n) is 7.90. The first kappa shape index (κ1) is 15.4. The maximum atomic E-state index is 12.6. The molecule has 1 aromatic heterocycles. The van der Waals surface area contributed by atoms with Gasteiger partial charge in [-0.25, -0.2) is 4.98 Å². The maximum absolute atomic E-state index is 12.6. The van der Waals surface area contributed by atoms with Crippen LogP contribution in [0.5, 0.6) is 0 Å². The normalized spacial score (nSPS) is 10.6. The molecule has 4 heteroatoms.